The van der Waals surface area contributed by atoms with Crippen LogP contribution >= 0.6 is 0 Å². The highest BCUT2D eigenvalue weighted by molar-refractivity contribution is 6.05. The maximum atomic E-state index is 11.8. The molecule has 0 saturated heterocycles. The molecule has 0 amide bonds. The van der Waals surface area contributed by atoms with E-state index < -0.39 is 5.97 Å². The molecule has 0 saturated carbocycles. The molecule has 2 nitrogen and oxygen atoms in total. The fourth-order valence-electron chi connectivity index (χ4n) is 3.57. The lowest BCUT2D eigenvalue weighted by Crippen LogP contribution is -2.28. The van der Waals surface area contributed by atoms with E-state index in [1.807, 2.05) is 24.3 Å². The van der Waals surface area contributed by atoms with Gasteiger partial charge in [-0.05, 0) is 52.5 Å². The van der Waals surface area contributed by atoms with Crippen LogP contribution in [0, 0.1) is 11.3 Å². The molecule has 110 valence electrons. The molecule has 1 N–H and O–H groups in total. The molecule has 1 aliphatic carbocycles. The monoisotopic (exact) mass is 282 g/mol. The lowest BCUT2D eigenvalue weighted by molar-refractivity contribution is 0.0696. The second-order valence-corrected chi connectivity index (χ2v) is 7.22. The molecule has 3 rings (SSSR count). The minimum atomic E-state index is -0.794. The Hall–Kier alpha value is -1.83. The quantitative estimate of drug-likeness (QED) is 0.824. The number of aromatic carboxylic acids is 1. The van der Waals surface area contributed by atoms with Gasteiger partial charge in [0.15, 0.2) is 0 Å². The first-order valence-corrected chi connectivity index (χ1v) is 7.64. The topological polar surface area (TPSA) is 37.3 Å². The Morgan fingerprint density at radius 2 is 1.95 bits per heavy atom. The zero-order chi connectivity index (χ0) is 15.2. The first-order valence-electron chi connectivity index (χ1n) is 7.64. The van der Waals surface area contributed by atoms with Crippen LogP contribution < -0.4 is 0 Å². The number of hydrogen-bond donors (Lipinski definition) is 1. The molecule has 1 aliphatic rings. The van der Waals surface area contributed by atoms with E-state index in [1.54, 1.807) is 0 Å². The number of carboxylic acid groups (broad SMARTS) is 1. The number of carbonyl (C=O) groups is 1. The molecule has 1 atom stereocenters. The van der Waals surface area contributed by atoms with Gasteiger partial charge in [0, 0.05) is 0 Å². The molecule has 0 aromatic heterocycles. The Bertz CT molecular complexity index is 707. The van der Waals surface area contributed by atoms with Crippen molar-refractivity contribution in [1.82, 2.24) is 0 Å². The second kappa shape index (κ2) is 4.87. The summed E-state index contributed by atoms with van der Waals surface area (Å²) in [6.07, 6.45) is 3.02. The third-order valence-electron chi connectivity index (χ3n) is 4.90. The van der Waals surface area contributed by atoms with Crippen LogP contribution in [0.3, 0.4) is 0 Å². The van der Waals surface area contributed by atoms with Gasteiger partial charge in [-0.25, -0.2) is 4.79 Å². The minimum Gasteiger partial charge on any atom is -0.478 e. The number of carboxylic acids is 1. The van der Waals surface area contributed by atoms with Crippen LogP contribution in [0.15, 0.2) is 30.3 Å². The van der Waals surface area contributed by atoms with Crippen molar-refractivity contribution < 1.29 is 9.90 Å². The summed E-state index contributed by atoms with van der Waals surface area (Å²) in [5.74, 6) is -0.248. The van der Waals surface area contributed by atoms with Crippen molar-refractivity contribution in [3.8, 4) is 0 Å². The summed E-state index contributed by atoms with van der Waals surface area (Å²) >= 11 is 0. The number of benzene rings is 2. The summed E-state index contributed by atoms with van der Waals surface area (Å²) < 4.78 is 0. The van der Waals surface area contributed by atoms with Gasteiger partial charge in [-0.3, -0.25) is 0 Å². The standard InChI is InChI=1S/C19H22O2/c1-19(2,3)14-9-8-13-10-12-6-4-5-7-15(12)17(18(20)21)16(13)11-14/h4-7,10,14H,8-9,11H2,1-3H3,(H,20,21). The fraction of sp³-hybridized carbons (Fsp3) is 0.421. The Labute approximate surface area is 125 Å². The maximum absolute atomic E-state index is 11.8. The van der Waals surface area contributed by atoms with E-state index in [1.165, 1.54) is 5.56 Å². The van der Waals surface area contributed by atoms with Gasteiger partial charge in [0.05, 0.1) is 5.56 Å². The maximum Gasteiger partial charge on any atom is 0.336 e. The van der Waals surface area contributed by atoms with Crippen molar-refractivity contribution in [3.05, 3.63) is 47.0 Å². The predicted molar refractivity (Wildman–Crippen MR) is 85.9 cm³/mol. The highest BCUT2D eigenvalue weighted by Gasteiger charge is 2.31. The van der Waals surface area contributed by atoms with E-state index in [9.17, 15) is 9.90 Å². The summed E-state index contributed by atoms with van der Waals surface area (Å²) in [5.41, 5.74) is 3.04. The zero-order valence-corrected chi connectivity index (χ0v) is 12.9. The average Bonchev–Trinajstić information content (AvgIpc) is 2.42. The van der Waals surface area contributed by atoms with Crippen LogP contribution in [0.5, 0.6) is 0 Å². The van der Waals surface area contributed by atoms with Crippen LogP contribution in [0.2, 0.25) is 0 Å². The summed E-state index contributed by atoms with van der Waals surface area (Å²) in [6.45, 7) is 6.76. The van der Waals surface area contributed by atoms with E-state index in [0.29, 0.717) is 11.5 Å². The molecule has 21 heavy (non-hydrogen) atoms. The number of aryl methyl sites for hydroxylation is 1. The minimum absolute atomic E-state index is 0.221. The lowest BCUT2D eigenvalue weighted by Gasteiger charge is -2.35. The molecule has 0 radical (unpaired) electrons. The van der Waals surface area contributed by atoms with Gasteiger partial charge >= 0.3 is 5.97 Å². The summed E-state index contributed by atoms with van der Waals surface area (Å²) in [5, 5.41) is 11.6. The molecule has 0 bridgehead atoms. The zero-order valence-electron chi connectivity index (χ0n) is 12.9. The Kier molecular flexibility index (Phi) is 3.27. The van der Waals surface area contributed by atoms with Crippen molar-refractivity contribution in [3.63, 3.8) is 0 Å². The third kappa shape index (κ3) is 2.44. The van der Waals surface area contributed by atoms with Crippen molar-refractivity contribution >= 4 is 16.7 Å². The van der Waals surface area contributed by atoms with Gasteiger partial charge in [-0.1, -0.05) is 51.1 Å². The molecule has 0 aliphatic heterocycles. The molecule has 2 aromatic rings. The molecule has 2 aromatic carbocycles. The molecular formula is C19H22O2. The normalized spacial score (nSPS) is 18.5. The number of fused-ring (bicyclic) bond motifs is 2. The Balaban J connectivity index is 2.22. The molecule has 1 unspecified atom stereocenters. The average molecular weight is 282 g/mol. The first kappa shape index (κ1) is 14.1. The van der Waals surface area contributed by atoms with E-state index >= 15 is 0 Å². The van der Waals surface area contributed by atoms with E-state index in [0.717, 1.165) is 35.6 Å². The lowest BCUT2D eigenvalue weighted by atomic mass is 9.69. The van der Waals surface area contributed by atoms with E-state index in [4.69, 9.17) is 0 Å². The van der Waals surface area contributed by atoms with E-state index in [-0.39, 0.29) is 5.41 Å². The van der Waals surface area contributed by atoms with Gasteiger partial charge < -0.3 is 5.11 Å². The Morgan fingerprint density at radius 3 is 2.62 bits per heavy atom. The van der Waals surface area contributed by atoms with Gasteiger partial charge in [-0.15, -0.1) is 0 Å². The summed E-state index contributed by atoms with van der Waals surface area (Å²) in [4.78, 5) is 11.8. The first-order chi connectivity index (χ1) is 9.88. The highest BCUT2D eigenvalue weighted by atomic mass is 16.4. The number of hydrogen-bond acceptors (Lipinski definition) is 1. The van der Waals surface area contributed by atoms with Crippen molar-refractivity contribution in [2.24, 2.45) is 11.3 Å². The Morgan fingerprint density at radius 1 is 1.24 bits per heavy atom. The highest BCUT2D eigenvalue weighted by Crippen LogP contribution is 2.40. The molecular weight excluding hydrogens is 260 g/mol. The van der Waals surface area contributed by atoms with Crippen LogP contribution in [0.25, 0.3) is 10.8 Å². The van der Waals surface area contributed by atoms with Gasteiger partial charge in [0.25, 0.3) is 0 Å². The molecule has 0 spiro atoms. The third-order valence-corrected chi connectivity index (χ3v) is 4.90. The van der Waals surface area contributed by atoms with E-state index in [2.05, 4.69) is 26.8 Å². The van der Waals surface area contributed by atoms with Crippen molar-refractivity contribution in [2.75, 3.05) is 0 Å². The van der Waals surface area contributed by atoms with Crippen LogP contribution in [0.1, 0.15) is 48.7 Å². The fourth-order valence-corrected chi connectivity index (χ4v) is 3.57. The van der Waals surface area contributed by atoms with Crippen LogP contribution in [-0.4, -0.2) is 11.1 Å². The van der Waals surface area contributed by atoms with Gasteiger partial charge in [0.1, 0.15) is 0 Å². The van der Waals surface area contributed by atoms with Crippen LogP contribution in [0.4, 0.5) is 0 Å². The molecule has 0 heterocycles. The van der Waals surface area contributed by atoms with Crippen molar-refractivity contribution in [2.45, 2.75) is 40.0 Å². The van der Waals surface area contributed by atoms with Gasteiger partial charge in [-0.2, -0.15) is 0 Å². The largest absolute Gasteiger partial charge is 0.478 e. The van der Waals surface area contributed by atoms with Gasteiger partial charge in [0.2, 0.25) is 0 Å². The summed E-state index contributed by atoms with van der Waals surface area (Å²) in [7, 11) is 0. The molecule has 0 fully saturated rings. The molecule has 2 heteroatoms. The SMILES string of the molecule is CC(C)(C)C1CCc2cc3ccccc3c(C(=O)O)c2C1. The number of rotatable bonds is 1. The predicted octanol–water partition coefficient (Wildman–Crippen LogP) is 4.69. The smallest absolute Gasteiger partial charge is 0.336 e. The van der Waals surface area contributed by atoms with Crippen LogP contribution in [-0.2, 0) is 12.8 Å². The summed E-state index contributed by atoms with van der Waals surface area (Å²) in [6, 6.07) is 10.0. The van der Waals surface area contributed by atoms with Crippen molar-refractivity contribution in [1.29, 1.82) is 0 Å². The second-order valence-electron chi connectivity index (χ2n) is 7.22.